The van der Waals surface area contributed by atoms with E-state index in [1.165, 1.54) is 31.3 Å². The van der Waals surface area contributed by atoms with Crippen LogP contribution in [-0.2, 0) is 27.5 Å². The summed E-state index contributed by atoms with van der Waals surface area (Å²) < 4.78 is 7.08. The number of halogens is 1. The second kappa shape index (κ2) is 11.3. The molecule has 3 atom stereocenters. The summed E-state index contributed by atoms with van der Waals surface area (Å²) in [6.45, 7) is 12.2. The first-order valence-electron chi connectivity index (χ1n) is 13.2. The van der Waals surface area contributed by atoms with Gasteiger partial charge in [0.25, 0.3) is 0 Å². The lowest BCUT2D eigenvalue weighted by atomic mass is 9.47. The van der Waals surface area contributed by atoms with Crippen LogP contribution >= 0.6 is 11.6 Å². The number of esters is 1. The van der Waals surface area contributed by atoms with Crippen LogP contribution in [0.5, 0.6) is 0 Å². The number of hydrogen-bond acceptors (Lipinski definition) is 5. The van der Waals surface area contributed by atoms with Crippen molar-refractivity contribution in [3.05, 3.63) is 70.5 Å². The number of carbonyl (C=O) groups is 2. The molecule has 0 aliphatic heterocycles. The molecule has 2 saturated carbocycles. The number of rotatable bonds is 9. The number of aldehydes is 1. The van der Waals surface area contributed by atoms with Gasteiger partial charge in [-0.2, -0.15) is 0 Å². The Morgan fingerprint density at radius 2 is 2.00 bits per heavy atom. The third-order valence-electron chi connectivity index (χ3n) is 8.66. The van der Waals surface area contributed by atoms with E-state index >= 15 is 0 Å². The van der Waals surface area contributed by atoms with E-state index in [1.54, 1.807) is 10.9 Å². The number of benzene rings is 1. The fourth-order valence-electron chi connectivity index (χ4n) is 6.77. The van der Waals surface area contributed by atoms with Crippen LogP contribution in [-0.4, -0.2) is 27.2 Å². The Labute approximate surface area is 225 Å². The summed E-state index contributed by atoms with van der Waals surface area (Å²) in [4.78, 5) is 24.3. The second-order valence-electron chi connectivity index (χ2n) is 11.7. The molecule has 0 amide bonds. The molecule has 198 valence electrons. The highest BCUT2D eigenvalue weighted by atomic mass is 35.5. The van der Waals surface area contributed by atoms with Gasteiger partial charge in [0, 0.05) is 5.02 Å². The Morgan fingerprint density at radius 1 is 1.24 bits per heavy atom. The quantitative estimate of drug-likeness (QED) is 0.158. The minimum absolute atomic E-state index is 0.0137. The highest BCUT2D eigenvalue weighted by Crippen LogP contribution is 2.61. The predicted molar refractivity (Wildman–Crippen MR) is 145 cm³/mol. The van der Waals surface area contributed by atoms with Gasteiger partial charge < -0.3 is 4.74 Å². The van der Waals surface area contributed by atoms with E-state index in [9.17, 15) is 9.59 Å². The Balaban J connectivity index is 1.32. The maximum Gasteiger partial charge on any atom is 0.310 e. The molecule has 1 unspecified atom stereocenters. The van der Waals surface area contributed by atoms with Crippen LogP contribution in [0.4, 0.5) is 0 Å². The molecule has 7 heteroatoms. The molecule has 2 aliphatic carbocycles. The number of aromatic nitrogens is 3. The van der Waals surface area contributed by atoms with Gasteiger partial charge in [0.05, 0.1) is 19.2 Å². The lowest BCUT2D eigenvalue weighted by molar-refractivity contribution is -0.144. The lowest BCUT2D eigenvalue weighted by Crippen LogP contribution is -2.49. The molecular weight excluding hydrogens is 486 g/mol. The minimum atomic E-state index is -0.448. The number of allylic oxidation sites excluding steroid dienone is 2. The lowest BCUT2D eigenvalue weighted by Gasteiger charge is -2.58. The third-order valence-corrected chi connectivity index (χ3v) is 8.91. The molecule has 1 aromatic heterocycles. The van der Waals surface area contributed by atoms with Gasteiger partial charge in [-0.1, -0.05) is 74.4 Å². The van der Waals surface area contributed by atoms with Crippen molar-refractivity contribution in [1.29, 1.82) is 0 Å². The minimum Gasteiger partial charge on any atom is -0.459 e. The van der Waals surface area contributed by atoms with Gasteiger partial charge in [-0.05, 0) is 78.0 Å². The smallest absolute Gasteiger partial charge is 0.310 e. The molecule has 1 aromatic carbocycles. The summed E-state index contributed by atoms with van der Waals surface area (Å²) >= 11 is 5.93. The van der Waals surface area contributed by atoms with Gasteiger partial charge in [-0.3, -0.25) is 9.59 Å². The molecule has 0 N–H and O–H groups in total. The molecule has 37 heavy (non-hydrogen) atoms. The largest absolute Gasteiger partial charge is 0.459 e. The number of nitrogens with zero attached hydrogens (tertiary/aromatic N) is 3. The van der Waals surface area contributed by atoms with Crippen LogP contribution in [0, 0.1) is 22.7 Å². The molecule has 4 rings (SSSR count). The van der Waals surface area contributed by atoms with Gasteiger partial charge in [0.15, 0.2) is 0 Å². The van der Waals surface area contributed by atoms with E-state index in [2.05, 4.69) is 37.7 Å². The fraction of sp³-hybridized carbons (Fsp3) is 0.533. The van der Waals surface area contributed by atoms with Crippen LogP contribution < -0.4 is 0 Å². The molecule has 0 saturated heterocycles. The van der Waals surface area contributed by atoms with Crippen LogP contribution in [0.25, 0.3) is 0 Å². The molecule has 0 bridgehead atoms. The zero-order valence-corrected chi connectivity index (χ0v) is 23.0. The summed E-state index contributed by atoms with van der Waals surface area (Å²) in [6, 6.07) is 7.51. The average molecular weight is 524 g/mol. The van der Waals surface area contributed by atoms with Crippen LogP contribution in [0.15, 0.2) is 54.3 Å². The van der Waals surface area contributed by atoms with Gasteiger partial charge in [-0.15, -0.1) is 5.10 Å². The summed E-state index contributed by atoms with van der Waals surface area (Å²) in [5.41, 5.74) is 3.84. The van der Waals surface area contributed by atoms with Crippen molar-refractivity contribution in [2.45, 2.75) is 78.9 Å². The van der Waals surface area contributed by atoms with Crippen molar-refractivity contribution in [3.63, 3.8) is 0 Å². The van der Waals surface area contributed by atoms with Crippen molar-refractivity contribution >= 4 is 23.9 Å². The van der Waals surface area contributed by atoms with Gasteiger partial charge >= 0.3 is 5.97 Å². The van der Waals surface area contributed by atoms with Gasteiger partial charge in [-0.25, -0.2) is 4.68 Å². The van der Waals surface area contributed by atoms with E-state index in [0.717, 1.165) is 24.7 Å². The normalized spacial score (nSPS) is 25.4. The van der Waals surface area contributed by atoms with Crippen molar-refractivity contribution in [1.82, 2.24) is 15.0 Å². The van der Waals surface area contributed by atoms with Crippen molar-refractivity contribution < 1.29 is 14.3 Å². The Kier molecular flexibility index (Phi) is 8.37. The van der Waals surface area contributed by atoms with E-state index in [4.69, 9.17) is 16.3 Å². The molecule has 2 aliphatic rings. The number of ether oxygens (including phenoxy) is 1. The van der Waals surface area contributed by atoms with E-state index in [-0.39, 0.29) is 18.4 Å². The average Bonchev–Trinajstić information content (AvgIpc) is 3.29. The second-order valence-corrected chi connectivity index (χ2v) is 12.1. The van der Waals surface area contributed by atoms with E-state index in [1.807, 2.05) is 30.3 Å². The van der Waals surface area contributed by atoms with Gasteiger partial charge in [0.1, 0.15) is 18.6 Å². The van der Waals surface area contributed by atoms with Gasteiger partial charge in [0.2, 0.25) is 0 Å². The topological polar surface area (TPSA) is 74.1 Å². The Morgan fingerprint density at radius 3 is 2.73 bits per heavy atom. The molecule has 6 nitrogen and oxygen atoms in total. The predicted octanol–water partition coefficient (Wildman–Crippen LogP) is 6.73. The third kappa shape index (κ3) is 6.40. The Bertz CT molecular complexity index is 1170. The zero-order chi connectivity index (χ0) is 26.6. The van der Waals surface area contributed by atoms with Crippen molar-refractivity contribution in [3.8, 4) is 0 Å². The molecule has 2 fully saturated rings. The SMILES string of the molecule is C=C1CC[C@H]2C(C)(C)CCC[C@]2(C)C1C/C=C(/C=O)CC(=O)OCc1cn(Cc2ccc(Cl)cc2)nn1. The number of hydrogen-bond donors (Lipinski definition) is 0. The van der Waals surface area contributed by atoms with Crippen LogP contribution in [0.1, 0.15) is 77.0 Å². The van der Waals surface area contributed by atoms with Crippen molar-refractivity contribution in [2.75, 3.05) is 0 Å². The molecule has 1 heterocycles. The highest BCUT2D eigenvalue weighted by Gasteiger charge is 2.52. The standard InChI is InChI=1S/C30H38ClN3O3/c1-21-6-13-27-29(2,3)14-5-15-30(27,4)26(21)12-9-23(19-35)16-28(36)37-20-25-18-34(33-32-25)17-22-7-10-24(31)11-8-22/h7-11,18-19,26-27H,1,5-6,12-17,20H2,2-4H3/b23-9+/t26?,27-,30+/m0/s1. The number of carbonyl (C=O) groups excluding carboxylic acids is 2. The number of fused-ring (bicyclic) bond motifs is 1. The maximum absolute atomic E-state index is 12.5. The molecule has 0 radical (unpaired) electrons. The zero-order valence-electron chi connectivity index (χ0n) is 22.2. The molecule has 0 spiro atoms. The summed E-state index contributed by atoms with van der Waals surface area (Å²) in [6.07, 6.45) is 11.1. The summed E-state index contributed by atoms with van der Waals surface area (Å²) in [7, 11) is 0. The molecular formula is C30H38ClN3O3. The fourth-order valence-corrected chi connectivity index (χ4v) is 6.90. The van der Waals surface area contributed by atoms with E-state index < -0.39 is 5.97 Å². The highest BCUT2D eigenvalue weighted by molar-refractivity contribution is 6.30. The first-order chi connectivity index (χ1) is 17.6. The first kappa shape index (κ1) is 27.3. The first-order valence-corrected chi connectivity index (χ1v) is 13.6. The maximum atomic E-state index is 12.5. The van der Waals surface area contributed by atoms with Crippen molar-refractivity contribution in [2.24, 2.45) is 22.7 Å². The monoisotopic (exact) mass is 523 g/mol. The summed E-state index contributed by atoms with van der Waals surface area (Å²) in [5.74, 6) is 0.527. The molecule has 2 aromatic rings. The van der Waals surface area contributed by atoms with E-state index in [0.29, 0.717) is 40.1 Å². The summed E-state index contributed by atoms with van der Waals surface area (Å²) in [5, 5.41) is 8.85. The van der Waals surface area contributed by atoms with Crippen LogP contribution in [0.2, 0.25) is 5.02 Å². The Hall–Kier alpha value is -2.73. The van der Waals surface area contributed by atoms with Crippen LogP contribution in [0.3, 0.4) is 0 Å².